The number of fused-ring (bicyclic) bond motifs is 1. The lowest BCUT2D eigenvalue weighted by atomic mass is 9.98. The van der Waals surface area contributed by atoms with Crippen molar-refractivity contribution in [2.75, 3.05) is 33.1 Å². The van der Waals surface area contributed by atoms with Crippen LogP contribution in [0.2, 0.25) is 0 Å². The Kier molecular flexibility index (Phi) is 14.5. The van der Waals surface area contributed by atoms with E-state index < -0.39 is 52.4 Å². The van der Waals surface area contributed by atoms with Gasteiger partial charge in [0.1, 0.15) is 11.8 Å². The summed E-state index contributed by atoms with van der Waals surface area (Å²) in [5.74, 6) is -0.151. The summed E-state index contributed by atoms with van der Waals surface area (Å²) >= 11 is 0. The quantitative estimate of drug-likeness (QED) is 0.139. The Bertz CT molecular complexity index is 1450. The maximum Gasteiger partial charge on any atom is 0.407 e. The largest absolute Gasteiger partial charge is 0.497 e. The molecule has 0 unspecified atom stereocenters. The second-order valence-electron chi connectivity index (χ2n) is 11.8. The van der Waals surface area contributed by atoms with E-state index in [0.717, 1.165) is 33.2 Å². The number of benzene rings is 2. The molecule has 2 amide bonds. The minimum absolute atomic E-state index is 0.0494. The molecule has 0 saturated heterocycles. The molecule has 0 spiro atoms. The number of aliphatic hydroxyl groups excluding tert-OH is 1. The number of nitrogens with one attached hydrogen (secondary N) is 1. The topological polar surface area (TPSA) is 146 Å². The number of carbonyl (C=O) groups excluding carboxylic acids is 1. The number of methoxy groups -OCH3 is 1. The Morgan fingerprint density at radius 3 is 2.47 bits per heavy atom. The van der Waals surface area contributed by atoms with Gasteiger partial charge >= 0.3 is 6.09 Å². The highest BCUT2D eigenvalue weighted by molar-refractivity contribution is 7.89. The van der Waals surface area contributed by atoms with Crippen LogP contribution in [0.4, 0.5) is 4.79 Å². The third-order valence-electron chi connectivity index (χ3n) is 8.50. The van der Waals surface area contributed by atoms with E-state index in [9.17, 15) is 28.2 Å². The molecule has 5 atom stereocenters. The lowest BCUT2D eigenvalue weighted by molar-refractivity contribution is -0.126. The van der Waals surface area contributed by atoms with Crippen LogP contribution in [-0.4, -0.2) is 97.2 Å². The van der Waals surface area contributed by atoms with Crippen molar-refractivity contribution in [3.05, 3.63) is 90.5 Å². The van der Waals surface area contributed by atoms with Gasteiger partial charge in [-0.25, -0.2) is 13.2 Å². The number of unbranched alkanes of at least 4 members (excludes halogenated alkanes) is 2. The highest BCUT2D eigenvalue weighted by atomic mass is 32.2. The molecule has 0 heterocycles. The third-order valence-corrected chi connectivity index (χ3v) is 10.4. The summed E-state index contributed by atoms with van der Waals surface area (Å²) in [6, 6.07) is 11.8. The van der Waals surface area contributed by atoms with Crippen LogP contribution in [0, 0.1) is 0 Å². The molecule has 1 aliphatic carbocycles. The molecule has 1 aliphatic rings. The summed E-state index contributed by atoms with van der Waals surface area (Å²) in [6.07, 6.45) is 2.60. The Morgan fingerprint density at radius 2 is 1.85 bits per heavy atom. The standard InChI is InChI=1S/C35H49N3O8S/c1-6-9-13-20-47(43,44)37(4)30(14-7-2)34(40)36-29(21-25-15-11-10-12-16-25)31(39)24-38(35(41)42)33-28-23-27(45-5)18-17-26(28)22-32(33)46-19-8-3/h7-8,10-12,15-18,23,29-33,39H,2-3,6,9,13-14,19-22,24H2,1,4-5H3,(H,36,40)(H,41,42)/t29-,30-,31+,32+,33+/m0/s1. The molecule has 0 aromatic heterocycles. The zero-order chi connectivity index (χ0) is 34.6. The molecule has 0 aliphatic heterocycles. The van der Waals surface area contributed by atoms with Crippen molar-refractivity contribution >= 4 is 22.0 Å². The molecule has 2 aromatic rings. The van der Waals surface area contributed by atoms with E-state index in [-0.39, 0.29) is 31.7 Å². The second kappa shape index (κ2) is 18.0. The third kappa shape index (κ3) is 10.1. The fraction of sp³-hybridized carbons (Fsp3) is 0.486. The molecule has 0 saturated carbocycles. The number of likely N-dealkylation sites (N-methyl/N-ethyl adjacent to an activating group) is 1. The molecule has 3 rings (SSSR count). The summed E-state index contributed by atoms with van der Waals surface area (Å²) in [6.45, 7) is 9.25. The van der Waals surface area contributed by atoms with Crippen molar-refractivity contribution in [2.45, 2.75) is 75.8 Å². The van der Waals surface area contributed by atoms with Gasteiger partial charge in [-0.2, -0.15) is 4.31 Å². The van der Waals surface area contributed by atoms with Gasteiger partial charge in [0, 0.05) is 13.5 Å². The first-order valence-corrected chi connectivity index (χ1v) is 17.6. The lowest BCUT2D eigenvalue weighted by Crippen LogP contribution is -2.56. The molecule has 2 aromatic carbocycles. The minimum atomic E-state index is -3.76. The van der Waals surface area contributed by atoms with Crippen LogP contribution in [0.5, 0.6) is 5.75 Å². The predicted octanol–water partition coefficient (Wildman–Crippen LogP) is 4.33. The maximum atomic E-state index is 13.8. The Labute approximate surface area is 278 Å². The minimum Gasteiger partial charge on any atom is -0.497 e. The summed E-state index contributed by atoms with van der Waals surface area (Å²) in [7, 11) is -0.856. The van der Waals surface area contributed by atoms with Crippen LogP contribution in [0.1, 0.15) is 55.3 Å². The number of carboxylic acid groups (broad SMARTS) is 1. The highest BCUT2D eigenvalue weighted by Gasteiger charge is 2.42. The number of sulfonamides is 1. The fourth-order valence-corrected chi connectivity index (χ4v) is 7.35. The number of rotatable bonds is 20. The predicted molar refractivity (Wildman–Crippen MR) is 182 cm³/mol. The number of amides is 2. The van der Waals surface area contributed by atoms with Crippen molar-refractivity contribution in [2.24, 2.45) is 0 Å². The van der Waals surface area contributed by atoms with Crippen LogP contribution >= 0.6 is 0 Å². The van der Waals surface area contributed by atoms with Gasteiger partial charge in [-0.05, 0) is 48.1 Å². The van der Waals surface area contributed by atoms with Crippen molar-refractivity contribution in [1.82, 2.24) is 14.5 Å². The zero-order valence-corrected chi connectivity index (χ0v) is 28.4. The summed E-state index contributed by atoms with van der Waals surface area (Å²) in [4.78, 5) is 27.8. The van der Waals surface area contributed by atoms with Crippen LogP contribution in [0.15, 0.2) is 73.8 Å². The van der Waals surface area contributed by atoms with Crippen molar-refractivity contribution in [1.29, 1.82) is 0 Å². The van der Waals surface area contributed by atoms with Crippen molar-refractivity contribution < 1.29 is 37.7 Å². The number of carbonyl (C=O) groups is 2. The van der Waals surface area contributed by atoms with E-state index >= 15 is 0 Å². The normalized spacial score (nSPS) is 17.7. The average molecular weight is 672 g/mol. The molecule has 47 heavy (non-hydrogen) atoms. The zero-order valence-electron chi connectivity index (χ0n) is 27.6. The first kappa shape index (κ1) is 37.7. The van der Waals surface area contributed by atoms with Gasteiger partial charge in [-0.15, -0.1) is 13.2 Å². The van der Waals surface area contributed by atoms with E-state index in [1.165, 1.54) is 20.2 Å². The van der Waals surface area contributed by atoms with Gasteiger partial charge < -0.3 is 25.0 Å². The monoisotopic (exact) mass is 671 g/mol. The van der Waals surface area contributed by atoms with Gasteiger partial charge in [0.05, 0.1) is 50.3 Å². The van der Waals surface area contributed by atoms with Crippen molar-refractivity contribution in [3.8, 4) is 5.75 Å². The molecule has 11 nitrogen and oxygen atoms in total. The Morgan fingerprint density at radius 1 is 1.13 bits per heavy atom. The maximum absolute atomic E-state index is 13.8. The van der Waals surface area contributed by atoms with Gasteiger partial charge in [0.2, 0.25) is 15.9 Å². The molecular weight excluding hydrogens is 622 g/mol. The second-order valence-corrected chi connectivity index (χ2v) is 13.9. The first-order valence-electron chi connectivity index (χ1n) is 15.9. The highest BCUT2D eigenvalue weighted by Crippen LogP contribution is 2.40. The van der Waals surface area contributed by atoms with Gasteiger partial charge in [-0.3, -0.25) is 9.69 Å². The Hall–Kier alpha value is -3.71. The van der Waals surface area contributed by atoms with E-state index in [0.29, 0.717) is 24.2 Å². The molecule has 258 valence electrons. The number of hydrogen-bond acceptors (Lipinski definition) is 7. The van der Waals surface area contributed by atoms with Gasteiger partial charge in [-0.1, -0.05) is 68.3 Å². The van der Waals surface area contributed by atoms with Crippen LogP contribution < -0.4 is 10.1 Å². The number of ether oxygens (including phenoxy) is 2. The summed E-state index contributed by atoms with van der Waals surface area (Å²) < 4.78 is 38.7. The molecule has 0 bridgehead atoms. The molecular formula is C35H49N3O8S. The SMILES string of the molecule is C=CCO[C@@H]1Cc2ccc(OC)cc2[C@H]1N(C[C@@H](O)[C@H](Cc1ccccc1)NC(=O)[C@H](CC=C)N(C)S(=O)(=O)CCCCC)C(=O)O. The first-order chi connectivity index (χ1) is 22.5. The average Bonchev–Trinajstić information content (AvgIpc) is 3.41. The summed E-state index contributed by atoms with van der Waals surface area (Å²) in [5, 5.41) is 25.0. The van der Waals surface area contributed by atoms with Crippen LogP contribution in [0.25, 0.3) is 0 Å². The van der Waals surface area contributed by atoms with E-state index in [4.69, 9.17) is 9.47 Å². The number of nitrogens with zero attached hydrogens (tertiary/aromatic N) is 2. The van der Waals surface area contributed by atoms with Crippen LogP contribution in [-0.2, 0) is 32.4 Å². The number of aliphatic hydroxyl groups is 1. The summed E-state index contributed by atoms with van der Waals surface area (Å²) in [5.41, 5.74) is 2.40. The fourth-order valence-electron chi connectivity index (χ4n) is 5.92. The van der Waals surface area contributed by atoms with Crippen LogP contribution in [0.3, 0.4) is 0 Å². The van der Waals surface area contributed by atoms with E-state index in [2.05, 4.69) is 18.5 Å². The molecule has 0 fully saturated rings. The lowest BCUT2D eigenvalue weighted by Gasteiger charge is -2.35. The molecule has 3 N–H and O–H groups in total. The van der Waals surface area contributed by atoms with Gasteiger partial charge in [0.15, 0.2) is 0 Å². The van der Waals surface area contributed by atoms with Gasteiger partial charge in [0.25, 0.3) is 0 Å². The van der Waals surface area contributed by atoms with E-state index in [1.54, 1.807) is 18.2 Å². The number of hydrogen-bond donors (Lipinski definition) is 3. The molecule has 0 radical (unpaired) electrons. The smallest absolute Gasteiger partial charge is 0.407 e. The van der Waals surface area contributed by atoms with E-state index in [1.807, 2.05) is 43.3 Å². The Balaban J connectivity index is 1.94. The van der Waals surface area contributed by atoms with Crippen molar-refractivity contribution in [3.63, 3.8) is 0 Å². The molecule has 12 heteroatoms.